The van der Waals surface area contributed by atoms with Gasteiger partial charge in [0.2, 0.25) is 5.89 Å². The van der Waals surface area contributed by atoms with Crippen LogP contribution in [-0.2, 0) is 12.8 Å². The van der Waals surface area contributed by atoms with E-state index < -0.39 is 0 Å². The summed E-state index contributed by atoms with van der Waals surface area (Å²) in [6, 6.07) is 0.182. The summed E-state index contributed by atoms with van der Waals surface area (Å²) in [5.41, 5.74) is 5.68. The zero-order valence-electron chi connectivity index (χ0n) is 11.1. The Labute approximate surface area is 103 Å². The van der Waals surface area contributed by atoms with E-state index in [1.165, 1.54) is 0 Å². The fraction of sp³-hybridized carbons (Fsp3) is 0.833. The molecule has 17 heavy (non-hydrogen) atoms. The van der Waals surface area contributed by atoms with Crippen LogP contribution in [0.2, 0.25) is 0 Å². The Balaban J connectivity index is 2.35. The third-order valence-corrected chi connectivity index (χ3v) is 2.87. The normalized spacial score (nSPS) is 13.2. The molecule has 1 aromatic heterocycles. The molecule has 0 spiro atoms. The van der Waals surface area contributed by atoms with Crippen LogP contribution in [0.1, 0.15) is 38.9 Å². The average molecular weight is 240 g/mol. The quantitative estimate of drug-likeness (QED) is 0.740. The Morgan fingerprint density at radius 1 is 1.29 bits per heavy atom. The summed E-state index contributed by atoms with van der Waals surface area (Å²) in [6.07, 6.45) is 2.51. The van der Waals surface area contributed by atoms with E-state index >= 15 is 0 Å². The molecule has 0 saturated heterocycles. The molecule has 0 bridgehead atoms. The van der Waals surface area contributed by atoms with Gasteiger partial charge in [0, 0.05) is 25.4 Å². The predicted octanol–water partition coefficient (Wildman–Crippen LogP) is 1.23. The van der Waals surface area contributed by atoms with Crippen molar-refractivity contribution in [2.24, 2.45) is 5.73 Å². The number of nitrogens with zero attached hydrogens (tertiary/aromatic N) is 3. The summed E-state index contributed by atoms with van der Waals surface area (Å²) in [5, 5.41) is 3.98. The van der Waals surface area contributed by atoms with Gasteiger partial charge in [-0.05, 0) is 26.4 Å². The Morgan fingerprint density at radius 2 is 2.00 bits per heavy atom. The van der Waals surface area contributed by atoms with Crippen LogP contribution in [0.25, 0.3) is 0 Å². The van der Waals surface area contributed by atoms with Gasteiger partial charge in [0.05, 0.1) is 0 Å². The van der Waals surface area contributed by atoms with Gasteiger partial charge in [-0.15, -0.1) is 0 Å². The molecular weight excluding hydrogens is 216 g/mol. The molecular formula is C12H24N4O. The van der Waals surface area contributed by atoms with Gasteiger partial charge in [0.25, 0.3) is 0 Å². The first-order valence-corrected chi connectivity index (χ1v) is 6.45. The van der Waals surface area contributed by atoms with Crippen LogP contribution in [0.4, 0.5) is 0 Å². The number of likely N-dealkylation sites (N-methyl/N-ethyl adjacent to an activating group) is 1. The number of nitrogens with two attached hydrogens (primary N) is 1. The summed E-state index contributed by atoms with van der Waals surface area (Å²) in [6.45, 7) is 9.41. The second-order valence-corrected chi connectivity index (χ2v) is 4.40. The van der Waals surface area contributed by atoms with Crippen LogP contribution in [0, 0.1) is 0 Å². The van der Waals surface area contributed by atoms with E-state index in [1.807, 2.05) is 6.92 Å². The van der Waals surface area contributed by atoms with Crippen molar-refractivity contribution in [3.8, 4) is 0 Å². The highest BCUT2D eigenvalue weighted by molar-refractivity contribution is 4.88. The van der Waals surface area contributed by atoms with Crippen molar-refractivity contribution >= 4 is 0 Å². The second kappa shape index (κ2) is 7.40. The second-order valence-electron chi connectivity index (χ2n) is 4.40. The molecule has 0 aliphatic rings. The molecule has 1 rings (SSSR count). The van der Waals surface area contributed by atoms with Crippen molar-refractivity contribution in [2.75, 3.05) is 19.6 Å². The van der Waals surface area contributed by atoms with Crippen molar-refractivity contribution in [1.29, 1.82) is 0 Å². The summed E-state index contributed by atoms with van der Waals surface area (Å²) < 4.78 is 5.18. The molecule has 1 atom stereocenters. The predicted molar refractivity (Wildman–Crippen MR) is 67.8 cm³/mol. The van der Waals surface area contributed by atoms with Crippen LogP contribution in [0.15, 0.2) is 4.52 Å². The molecule has 98 valence electrons. The van der Waals surface area contributed by atoms with Crippen molar-refractivity contribution in [3.05, 3.63) is 11.7 Å². The first kappa shape index (κ1) is 14.1. The maximum atomic E-state index is 5.68. The summed E-state index contributed by atoms with van der Waals surface area (Å²) in [4.78, 5) is 6.71. The minimum Gasteiger partial charge on any atom is -0.339 e. The van der Waals surface area contributed by atoms with Gasteiger partial charge in [-0.25, -0.2) is 0 Å². The summed E-state index contributed by atoms with van der Waals surface area (Å²) >= 11 is 0. The highest BCUT2D eigenvalue weighted by atomic mass is 16.5. The maximum Gasteiger partial charge on any atom is 0.226 e. The van der Waals surface area contributed by atoms with E-state index in [0.717, 1.165) is 44.7 Å². The van der Waals surface area contributed by atoms with Gasteiger partial charge in [-0.1, -0.05) is 19.0 Å². The SMILES string of the molecule is CCN(CC)CCc1noc(CCC(C)N)n1. The van der Waals surface area contributed by atoms with Crippen molar-refractivity contribution in [2.45, 2.75) is 46.1 Å². The lowest BCUT2D eigenvalue weighted by Crippen LogP contribution is -2.25. The largest absolute Gasteiger partial charge is 0.339 e. The van der Waals surface area contributed by atoms with Crippen molar-refractivity contribution in [3.63, 3.8) is 0 Å². The summed E-state index contributed by atoms with van der Waals surface area (Å²) in [5.74, 6) is 1.51. The molecule has 0 amide bonds. The maximum absolute atomic E-state index is 5.68. The number of hydrogen-bond acceptors (Lipinski definition) is 5. The van der Waals surface area contributed by atoms with E-state index in [1.54, 1.807) is 0 Å². The zero-order chi connectivity index (χ0) is 12.7. The van der Waals surface area contributed by atoms with Gasteiger partial charge in [-0.3, -0.25) is 0 Å². The Hall–Kier alpha value is -0.940. The number of aryl methyl sites for hydroxylation is 1. The lowest BCUT2D eigenvalue weighted by atomic mass is 10.2. The summed E-state index contributed by atoms with van der Waals surface area (Å²) in [7, 11) is 0. The molecule has 1 aromatic rings. The van der Waals surface area contributed by atoms with E-state index in [-0.39, 0.29) is 6.04 Å². The van der Waals surface area contributed by atoms with Crippen LogP contribution in [-0.4, -0.2) is 40.7 Å². The lowest BCUT2D eigenvalue weighted by Gasteiger charge is -2.16. The molecule has 5 nitrogen and oxygen atoms in total. The minimum atomic E-state index is 0.182. The lowest BCUT2D eigenvalue weighted by molar-refractivity contribution is 0.302. The van der Waals surface area contributed by atoms with Gasteiger partial charge >= 0.3 is 0 Å². The van der Waals surface area contributed by atoms with Crippen molar-refractivity contribution in [1.82, 2.24) is 15.0 Å². The molecule has 0 fully saturated rings. The minimum absolute atomic E-state index is 0.182. The molecule has 0 aliphatic carbocycles. The van der Waals surface area contributed by atoms with Gasteiger partial charge in [-0.2, -0.15) is 4.98 Å². The fourth-order valence-electron chi connectivity index (χ4n) is 1.64. The Kier molecular flexibility index (Phi) is 6.15. The number of rotatable bonds is 8. The van der Waals surface area contributed by atoms with Crippen LogP contribution < -0.4 is 5.73 Å². The van der Waals surface area contributed by atoms with Crippen LogP contribution in [0.3, 0.4) is 0 Å². The average Bonchev–Trinajstić information content (AvgIpc) is 2.76. The topological polar surface area (TPSA) is 68.2 Å². The monoisotopic (exact) mass is 240 g/mol. The van der Waals surface area contributed by atoms with Crippen molar-refractivity contribution < 1.29 is 4.52 Å². The molecule has 0 saturated carbocycles. The number of aromatic nitrogens is 2. The first-order chi connectivity index (χ1) is 8.15. The molecule has 0 aliphatic heterocycles. The van der Waals surface area contributed by atoms with Gasteiger partial charge < -0.3 is 15.2 Å². The smallest absolute Gasteiger partial charge is 0.226 e. The Morgan fingerprint density at radius 3 is 2.59 bits per heavy atom. The molecule has 0 radical (unpaired) electrons. The van der Waals surface area contributed by atoms with Gasteiger partial charge in [0.1, 0.15) is 0 Å². The van der Waals surface area contributed by atoms with E-state index in [2.05, 4.69) is 28.9 Å². The highest BCUT2D eigenvalue weighted by Crippen LogP contribution is 2.03. The molecule has 5 heteroatoms. The fourth-order valence-corrected chi connectivity index (χ4v) is 1.64. The standard InChI is InChI=1S/C12H24N4O/c1-4-16(5-2)9-8-11-14-12(17-15-11)7-6-10(3)13/h10H,4-9,13H2,1-3H3. The number of hydrogen-bond donors (Lipinski definition) is 1. The van der Waals surface area contributed by atoms with Gasteiger partial charge in [0.15, 0.2) is 5.82 Å². The molecule has 2 N–H and O–H groups in total. The third-order valence-electron chi connectivity index (χ3n) is 2.87. The molecule has 1 heterocycles. The van der Waals surface area contributed by atoms with E-state index in [9.17, 15) is 0 Å². The molecule has 0 aromatic carbocycles. The Bertz CT molecular complexity index is 307. The first-order valence-electron chi connectivity index (χ1n) is 6.45. The zero-order valence-corrected chi connectivity index (χ0v) is 11.1. The highest BCUT2D eigenvalue weighted by Gasteiger charge is 2.08. The third kappa shape index (κ3) is 5.28. The van der Waals surface area contributed by atoms with E-state index in [4.69, 9.17) is 10.3 Å². The van der Waals surface area contributed by atoms with Crippen LogP contribution >= 0.6 is 0 Å². The molecule has 1 unspecified atom stereocenters. The van der Waals surface area contributed by atoms with E-state index in [0.29, 0.717) is 5.89 Å². The van der Waals surface area contributed by atoms with Crippen LogP contribution in [0.5, 0.6) is 0 Å².